The summed E-state index contributed by atoms with van der Waals surface area (Å²) >= 11 is 5.99. The first-order chi connectivity index (χ1) is 21.9. The maximum absolute atomic E-state index is 13.8. The molecule has 3 aromatic carbocycles. The minimum absolute atomic E-state index is 0.0803. The Bertz CT molecular complexity index is 1730. The molecule has 45 heavy (non-hydrogen) atoms. The molecular formula is C34H30ClFN2O7. The summed E-state index contributed by atoms with van der Waals surface area (Å²) in [5.41, 5.74) is 2.86. The number of halogens is 2. The molecule has 0 radical (unpaired) electrons. The zero-order chi connectivity index (χ0) is 31.8. The average molecular weight is 633 g/mol. The van der Waals surface area contributed by atoms with E-state index in [0.717, 1.165) is 11.3 Å². The van der Waals surface area contributed by atoms with Crippen LogP contribution in [-0.2, 0) is 11.3 Å². The Labute approximate surface area is 264 Å². The van der Waals surface area contributed by atoms with Crippen molar-refractivity contribution in [2.24, 2.45) is 0 Å². The van der Waals surface area contributed by atoms with Crippen molar-refractivity contribution in [1.82, 2.24) is 10.3 Å². The molecule has 5 rings (SSSR count). The third kappa shape index (κ3) is 7.78. The first-order valence-electron chi connectivity index (χ1n) is 14.0. The van der Waals surface area contributed by atoms with Crippen LogP contribution in [0.25, 0.3) is 17.3 Å². The van der Waals surface area contributed by atoms with Crippen molar-refractivity contribution in [2.75, 3.05) is 40.6 Å². The molecule has 232 valence electrons. The molecule has 0 bridgehead atoms. The van der Waals surface area contributed by atoms with Gasteiger partial charge in [0, 0.05) is 16.7 Å². The molecule has 0 spiro atoms. The number of nitrogens with one attached hydrogen (secondary N) is 1. The first kappa shape index (κ1) is 31.5. The second-order valence-corrected chi connectivity index (χ2v) is 10.2. The van der Waals surface area contributed by atoms with Gasteiger partial charge in [-0.3, -0.25) is 9.59 Å². The Morgan fingerprint density at radius 3 is 2.56 bits per heavy atom. The van der Waals surface area contributed by atoms with Crippen molar-refractivity contribution in [2.45, 2.75) is 6.61 Å². The van der Waals surface area contributed by atoms with Crippen molar-refractivity contribution < 1.29 is 37.7 Å². The minimum Gasteiger partial charge on any atom is -0.497 e. The number of hydrogen-bond acceptors (Lipinski definition) is 8. The SMILES string of the molecule is COc1ccc(COCCOc2ccc(C(=O)NCC(=O)c3cc4c(c(-c5ccc(F)c(Cl)c5)n3)OCC=C4)cc2OC)cc1. The molecule has 0 atom stereocenters. The fourth-order valence-electron chi connectivity index (χ4n) is 4.52. The van der Waals surface area contributed by atoms with Crippen molar-refractivity contribution in [3.63, 3.8) is 0 Å². The Balaban J connectivity index is 1.19. The van der Waals surface area contributed by atoms with Crippen LogP contribution < -0.4 is 24.3 Å². The number of pyridine rings is 1. The van der Waals surface area contributed by atoms with E-state index < -0.39 is 17.5 Å². The molecule has 1 aromatic heterocycles. The smallest absolute Gasteiger partial charge is 0.251 e. The lowest BCUT2D eigenvalue weighted by atomic mass is 10.0. The normalized spacial score (nSPS) is 11.7. The molecule has 0 saturated heterocycles. The van der Waals surface area contributed by atoms with Crippen LogP contribution >= 0.6 is 11.6 Å². The molecule has 1 N–H and O–H groups in total. The average Bonchev–Trinajstić information content (AvgIpc) is 3.07. The third-order valence-electron chi connectivity index (χ3n) is 6.85. The van der Waals surface area contributed by atoms with Crippen LogP contribution in [0.3, 0.4) is 0 Å². The largest absolute Gasteiger partial charge is 0.497 e. The predicted molar refractivity (Wildman–Crippen MR) is 167 cm³/mol. The van der Waals surface area contributed by atoms with Gasteiger partial charge in [-0.25, -0.2) is 9.37 Å². The maximum atomic E-state index is 13.8. The molecule has 0 saturated carbocycles. The first-order valence-corrected chi connectivity index (χ1v) is 14.4. The second kappa shape index (κ2) is 14.7. The highest BCUT2D eigenvalue weighted by molar-refractivity contribution is 6.31. The number of rotatable bonds is 13. The highest BCUT2D eigenvalue weighted by atomic mass is 35.5. The van der Waals surface area contributed by atoms with Crippen molar-refractivity contribution in [3.05, 3.63) is 106 Å². The third-order valence-corrected chi connectivity index (χ3v) is 7.14. The molecule has 1 aliphatic heterocycles. The van der Waals surface area contributed by atoms with Crippen LogP contribution in [0, 0.1) is 5.82 Å². The van der Waals surface area contributed by atoms with Gasteiger partial charge in [-0.2, -0.15) is 0 Å². The van der Waals surface area contributed by atoms with Gasteiger partial charge in [0.15, 0.2) is 23.0 Å². The summed E-state index contributed by atoms with van der Waals surface area (Å²) in [5, 5.41) is 2.55. The molecule has 0 fully saturated rings. The lowest BCUT2D eigenvalue weighted by Gasteiger charge is -2.18. The van der Waals surface area contributed by atoms with Crippen molar-refractivity contribution in [3.8, 4) is 34.3 Å². The van der Waals surface area contributed by atoms with Crippen LogP contribution in [-0.4, -0.2) is 57.3 Å². The van der Waals surface area contributed by atoms with Gasteiger partial charge in [-0.15, -0.1) is 0 Å². The molecule has 2 heterocycles. The number of ketones is 1. The van der Waals surface area contributed by atoms with E-state index in [2.05, 4.69) is 10.3 Å². The number of methoxy groups -OCH3 is 2. The number of carbonyl (C=O) groups excluding carboxylic acids is 2. The summed E-state index contributed by atoms with van der Waals surface area (Å²) in [6.07, 6.45) is 3.61. The lowest BCUT2D eigenvalue weighted by Crippen LogP contribution is -2.30. The molecular weight excluding hydrogens is 603 g/mol. The number of fused-ring (bicyclic) bond motifs is 1. The minimum atomic E-state index is -0.573. The van der Waals surface area contributed by atoms with Crippen LogP contribution in [0.2, 0.25) is 5.02 Å². The molecule has 1 aliphatic rings. The Kier molecular flexibility index (Phi) is 10.3. The Morgan fingerprint density at radius 2 is 1.80 bits per heavy atom. The van der Waals surface area contributed by atoms with E-state index in [-0.39, 0.29) is 29.4 Å². The zero-order valence-corrected chi connectivity index (χ0v) is 25.4. The maximum Gasteiger partial charge on any atom is 0.251 e. The van der Waals surface area contributed by atoms with Gasteiger partial charge in [0.25, 0.3) is 5.91 Å². The van der Waals surface area contributed by atoms with E-state index in [0.29, 0.717) is 53.9 Å². The summed E-state index contributed by atoms with van der Waals surface area (Å²) in [5.74, 6) is 0.551. The zero-order valence-electron chi connectivity index (χ0n) is 24.6. The fraction of sp³-hybridized carbons (Fsp3) is 0.206. The summed E-state index contributed by atoms with van der Waals surface area (Å²) < 4.78 is 41.6. The van der Waals surface area contributed by atoms with Gasteiger partial charge in [-0.05, 0) is 66.2 Å². The highest BCUT2D eigenvalue weighted by Crippen LogP contribution is 2.36. The quantitative estimate of drug-likeness (QED) is 0.138. The van der Waals surface area contributed by atoms with Crippen molar-refractivity contribution >= 4 is 29.4 Å². The van der Waals surface area contributed by atoms with Gasteiger partial charge in [0.1, 0.15) is 36.2 Å². The second-order valence-electron chi connectivity index (χ2n) is 9.84. The van der Waals surface area contributed by atoms with Crippen LogP contribution in [0.1, 0.15) is 32.0 Å². The van der Waals surface area contributed by atoms with E-state index >= 15 is 0 Å². The molecule has 11 heteroatoms. The van der Waals surface area contributed by atoms with Gasteiger partial charge in [0.2, 0.25) is 0 Å². The predicted octanol–water partition coefficient (Wildman–Crippen LogP) is 6.17. The summed E-state index contributed by atoms with van der Waals surface area (Å²) in [6.45, 7) is 1.05. The van der Waals surface area contributed by atoms with Gasteiger partial charge >= 0.3 is 0 Å². The standard InChI is InChI=1S/C34H30ClFN2O7/c1-41-25-9-5-21(6-10-25)20-43-14-15-44-30-12-8-24(18-31(30)42-2)34(40)37-19-29(39)28-17-23-4-3-13-45-33(23)32(38-28)22-7-11-27(36)26(35)16-22/h3-12,16-18H,13-15,19-20H2,1-2H3,(H,37,40). The number of nitrogens with zero attached hydrogens (tertiary/aromatic N) is 1. The van der Waals surface area contributed by atoms with Gasteiger partial charge in [0.05, 0.1) is 39.0 Å². The fourth-order valence-corrected chi connectivity index (χ4v) is 4.70. The highest BCUT2D eigenvalue weighted by Gasteiger charge is 2.21. The van der Waals surface area contributed by atoms with E-state index in [9.17, 15) is 14.0 Å². The number of Topliss-reactive ketones (excluding diaryl/α,β-unsaturated/α-hetero) is 1. The van der Waals surface area contributed by atoms with Gasteiger partial charge < -0.3 is 29.0 Å². The van der Waals surface area contributed by atoms with E-state index in [1.165, 1.54) is 31.4 Å². The molecule has 4 aromatic rings. The molecule has 0 aliphatic carbocycles. The monoisotopic (exact) mass is 632 g/mol. The molecule has 1 amide bonds. The van der Waals surface area contributed by atoms with Gasteiger partial charge in [-0.1, -0.05) is 29.8 Å². The summed E-state index contributed by atoms with van der Waals surface area (Å²) in [4.78, 5) is 30.6. The number of amides is 1. The number of carbonyl (C=O) groups is 2. The number of benzene rings is 3. The summed E-state index contributed by atoms with van der Waals surface area (Å²) in [6, 6.07) is 18.1. The molecule has 9 nitrogen and oxygen atoms in total. The number of ether oxygens (including phenoxy) is 5. The Morgan fingerprint density at radius 1 is 0.978 bits per heavy atom. The van der Waals surface area contributed by atoms with Crippen LogP contribution in [0.5, 0.6) is 23.0 Å². The number of hydrogen-bond donors (Lipinski definition) is 1. The lowest BCUT2D eigenvalue weighted by molar-refractivity contribution is 0.0877. The Hall–Kier alpha value is -4.93. The topological polar surface area (TPSA) is 105 Å². The van der Waals surface area contributed by atoms with Crippen molar-refractivity contribution in [1.29, 1.82) is 0 Å². The van der Waals surface area contributed by atoms with Crippen LogP contribution in [0.15, 0.2) is 72.8 Å². The number of aromatic nitrogens is 1. The van der Waals surface area contributed by atoms with E-state index in [1.54, 1.807) is 31.4 Å². The van der Waals surface area contributed by atoms with E-state index in [4.69, 9.17) is 35.3 Å². The van der Waals surface area contributed by atoms with E-state index in [1.807, 2.05) is 30.3 Å². The van der Waals surface area contributed by atoms with Crippen LogP contribution in [0.4, 0.5) is 4.39 Å². The molecule has 0 unspecified atom stereocenters. The summed E-state index contributed by atoms with van der Waals surface area (Å²) in [7, 11) is 3.09.